The Kier molecular flexibility index (Phi) is 3.42. The highest BCUT2D eigenvalue weighted by atomic mass is 14.6. The summed E-state index contributed by atoms with van der Waals surface area (Å²) in [6, 6.07) is 9.03. The van der Waals surface area contributed by atoms with Gasteiger partial charge in [0.15, 0.2) is 0 Å². The molecule has 2 N–H and O–H groups in total. The van der Waals surface area contributed by atoms with Crippen molar-refractivity contribution in [2.24, 2.45) is 11.7 Å². The van der Waals surface area contributed by atoms with E-state index in [0.29, 0.717) is 0 Å². The van der Waals surface area contributed by atoms with E-state index in [1.165, 1.54) is 30.4 Å². The fourth-order valence-corrected chi connectivity index (χ4v) is 1.99. The van der Waals surface area contributed by atoms with Crippen molar-refractivity contribution < 1.29 is 0 Å². The molecule has 0 radical (unpaired) electrons. The SMILES string of the molecule is CCc1ccc(C(N)CCC2CC2)cc1. The van der Waals surface area contributed by atoms with E-state index in [4.69, 9.17) is 5.73 Å². The predicted molar refractivity (Wildman–Crippen MR) is 64.7 cm³/mol. The van der Waals surface area contributed by atoms with Gasteiger partial charge in [-0.3, -0.25) is 0 Å². The molecule has 0 aliphatic heterocycles. The van der Waals surface area contributed by atoms with Crippen LogP contribution in [0.1, 0.15) is 49.8 Å². The Morgan fingerprint density at radius 2 is 1.93 bits per heavy atom. The zero-order chi connectivity index (χ0) is 10.7. The van der Waals surface area contributed by atoms with Gasteiger partial charge in [0.1, 0.15) is 0 Å². The van der Waals surface area contributed by atoms with Crippen LogP contribution in [0.25, 0.3) is 0 Å². The molecular formula is C14H21N. The lowest BCUT2D eigenvalue weighted by Gasteiger charge is -2.12. The zero-order valence-electron chi connectivity index (χ0n) is 9.58. The smallest absolute Gasteiger partial charge is 0.0294 e. The van der Waals surface area contributed by atoms with Crippen LogP contribution in [0, 0.1) is 5.92 Å². The summed E-state index contributed by atoms with van der Waals surface area (Å²) in [5.41, 5.74) is 8.86. The Balaban J connectivity index is 1.88. The quantitative estimate of drug-likeness (QED) is 0.779. The molecule has 0 heterocycles. The average Bonchev–Trinajstić information content (AvgIpc) is 3.10. The van der Waals surface area contributed by atoms with E-state index >= 15 is 0 Å². The summed E-state index contributed by atoms with van der Waals surface area (Å²) in [6.07, 6.45) is 6.44. The van der Waals surface area contributed by atoms with E-state index in [2.05, 4.69) is 31.2 Å². The normalized spacial score (nSPS) is 17.7. The van der Waals surface area contributed by atoms with E-state index in [9.17, 15) is 0 Å². The van der Waals surface area contributed by atoms with Gasteiger partial charge in [-0.15, -0.1) is 0 Å². The molecule has 1 aromatic carbocycles. The van der Waals surface area contributed by atoms with Crippen molar-refractivity contribution in [2.75, 3.05) is 0 Å². The summed E-state index contributed by atoms with van der Waals surface area (Å²) < 4.78 is 0. The lowest BCUT2D eigenvalue weighted by molar-refractivity contribution is 0.575. The largest absolute Gasteiger partial charge is 0.324 e. The van der Waals surface area contributed by atoms with E-state index in [1.54, 1.807) is 0 Å². The third kappa shape index (κ3) is 3.07. The van der Waals surface area contributed by atoms with Crippen LogP contribution in [0.5, 0.6) is 0 Å². The van der Waals surface area contributed by atoms with E-state index < -0.39 is 0 Å². The first kappa shape index (κ1) is 10.7. The van der Waals surface area contributed by atoms with Gasteiger partial charge in [-0.1, -0.05) is 44.0 Å². The van der Waals surface area contributed by atoms with Crippen LogP contribution in [0.2, 0.25) is 0 Å². The van der Waals surface area contributed by atoms with E-state index in [-0.39, 0.29) is 6.04 Å². The van der Waals surface area contributed by atoms with E-state index in [1.807, 2.05) is 0 Å². The highest BCUT2D eigenvalue weighted by Gasteiger charge is 2.21. The Bertz CT molecular complexity index is 298. The topological polar surface area (TPSA) is 26.0 Å². The fourth-order valence-electron chi connectivity index (χ4n) is 1.99. The first-order valence-corrected chi connectivity index (χ1v) is 6.14. The Morgan fingerprint density at radius 1 is 1.27 bits per heavy atom. The minimum atomic E-state index is 0.247. The van der Waals surface area contributed by atoms with Gasteiger partial charge in [0.2, 0.25) is 0 Å². The fraction of sp³-hybridized carbons (Fsp3) is 0.571. The minimum absolute atomic E-state index is 0.247. The van der Waals surface area contributed by atoms with Crippen molar-refractivity contribution in [3.63, 3.8) is 0 Å². The molecular weight excluding hydrogens is 182 g/mol. The maximum absolute atomic E-state index is 6.16. The molecule has 1 aromatic rings. The molecule has 0 bridgehead atoms. The van der Waals surface area contributed by atoms with E-state index in [0.717, 1.165) is 18.8 Å². The van der Waals surface area contributed by atoms with Crippen molar-refractivity contribution >= 4 is 0 Å². The van der Waals surface area contributed by atoms with Crippen molar-refractivity contribution in [1.29, 1.82) is 0 Å². The van der Waals surface area contributed by atoms with Crippen LogP contribution in [0.4, 0.5) is 0 Å². The number of nitrogens with two attached hydrogens (primary N) is 1. The zero-order valence-corrected chi connectivity index (χ0v) is 9.58. The van der Waals surface area contributed by atoms with Gasteiger partial charge in [0.05, 0.1) is 0 Å². The maximum atomic E-state index is 6.16. The van der Waals surface area contributed by atoms with Gasteiger partial charge in [-0.25, -0.2) is 0 Å². The van der Waals surface area contributed by atoms with Crippen LogP contribution in [-0.2, 0) is 6.42 Å². The van der Waals surface area contributed by atoms with Crippen molar-refractivity contribution in [3.05, 3.63) is 35.4 Å². The van der Waals surface area contributed by atoms with Crippen LogP contribution in [0.3, 0.4) is 0 Å². The molecule has 0 amide bonds. The van der Waals surface area contributed by atoms with Gasteiger partial charge in [0, 0.05) is 6.04 Å². The van der Waals surface area contributed by atoms with Crippen molar-refractivity contribution in [2.45, 2.75) is 45.1 Å². The number of hydrogen-bond donors (Lipinski definition) is 1. The molecule has 1 unspecified atom stereocenters. The standard InChI is InChI=1S/C14H21N/c1-2-11-5-8-13(9-6-11)14(15)10-7-12-3-4-12/h5-6,8-9,12,14H,2-4,7,10,15H2,1H3. The second-order valence-corrected chi connectivity index (χ2v) is 4.72. The lowest BCUT2D eigenvalue weighted by Crippen LogP contribution is -2.10. The highest BCUT2D eigenvalue weighted by Crippen LogP contribution is 2.35. The summed E-state index contributed by atoms with van der Waals surface area (Å²) in [4.78, 5) is 0. The molecule has 0 spiro atoms. The monoisotopic (exact) mass is 203 g/mol. The van der Waals surface area contributed by atoms with Gasteiger partial charge in [0.25, 0.3) is 0 Å². The average molecular weight is 203 g/mol. The minimum Gasteiger partial charge on any atom is -0.324 e. The van der Waals surface area contributed by atoms with Crippen LogP contribution >= 0.6 is 0 Å². The molecule has 1 aliphatic carbocycles. The van der Waals surface area contributed by atoms with Gasteiger partial charge in [-0.05, 0) is 36.3 Å². The summed E-state index contributed by atoms with van der Waals surface area (Å²) in [7, 11) is 0. The molecule has 82 valence electrons. The molecule has 1 fully saturated rings. The number of aryl methyl sites for hydroxylation is 1. The molecule has 1 saturated carbocycles. The van der Waals surface area contributed by atoms with Crippen LogP contribution in [0.15, 0.2) is 24.3 Å². The maximum Gasteiger partial charge on any atom is 0.0294 e. The first-order chi connectivity index (χ1) is 7.29. The molecule has 1 atom stereocenters. The number of hydrogen-bond acceptors (Lipinski definition) is 1. The van der Waals surface area contributed by atoms with Crippen LogP contribution < -0.4 is 5.73 Å². The molecule has 15 heavy (non-hydrogen) atoms. The summed E-state index contributed by atoms with van der Waals surface area (Å²) in [6.45, 7) is 2.18. The highest BCUT2D eigenvalue weighted by molar-refractivity contribution is 5.24. The molecule has 0 aromatic heterocycles. The Morgan fingerprint density at radius 3 is 2.47 bits per heavy atom. The molecule has 1 heteroatoms. The first-order valence-electron chi connectivity index (χ1n) is 6.14. The second-order valence-electron chi connectivity index (χ2n) is 4.72. The lowest BCUT2D eigenvalue weighted by atomic mass is 10.00. The molecule has 0 saturated heterocycles. The van der Waals surface area contributed by atoms with Gasteiger partial charge >= 0.3 is 0 Å². The Hall–Kier alpha value is -0.820. The Labute approximate surface area is 92.7 Å². The van der Waals surface area contributed by atoms with Gasteiger partial charge in [-0.2, -0.15) is 0 Å². The third-order valence-corrected chi connectivity index (χ3v) is 3.40. The molecule has 1 nitrogen and oxygen atoms in total. The third-order valence-electron chi connectivity index (χ3n) is 3.40. The van der Waals surface area contributed by atoms with Crippen LogP contribution in [-0.4, -0.2) is 0 Å². The van der Waals surface area contributed by atoms with Crippen molar-refractivity contribution in [1.82, 2.24) is 0 Å². The predicted octanol–water partition coefficient (Wildman–Crippen LogP) is 3.44. The second kappa shape index (κ2) is 4.80. The molecule has 2 rings (SSSR count). The number of benzene rings is 1. The summed E-state index contributed by atoms with van der Waals surface area (Å²) in [5, 5.41) is 0. The van der Waals surface area contributed by atoms with Gasteiger partial charge < -0.3 is 5.73 Å². The summed E-state index contributed by atoms with van der Waals surface area (Å²) in [5.74, 6) is 0.992. The number of rotatable bonds is 5. The van der Waals surface area contributed by atoms with Crippen molar-refractivity contribution in [3.8, 4) is 0 Å². The summed E-state index contributed by atoms with van der Waals surface area (Å²) >= 11 is 0. The molecule has 1 aliphatic rings.